The van der Waals surface area contributed by atoms with E-state index in [9.17, 15) is 0 Å². The first kappa shape index (κ1) is 24.0. The van der Waals surface area contributed by atoms with E-state index in [1.165, 1.54) is 44.4 Å². The second-order valence-electron chi connectivity index (χ2n) is 11.4. The van der Waals surface area contributed by atoms with Crippen LogP contribution in [0.25, 0.3) is 17.0 Å². The third kappa shape index (κ3) is 3.40. The molecule has 0 spiro atoms. The lowest BCUT2D eigenvalue weighted by Gasteiger charge is -2.39. The molecule has 0 bridgehead atoms. The maximum absolute atomic E-state index is 6.50. The van der Waals surface area contributed by atoms with Crippen LogP contribution in [0.1, 0.15) is 53.2 Å². The molecule has 0 amide bonds. The Balaban J connectivity index is 1.31. The third-order valence-corrected chi connectivity index (χ3v) is 10.1. The first-order chi connectivity index (χ1) is 19.6. The number of anilines is 1. The maximum atomic E-state index is 6.50. The molecule has 40 heavy (non-hydrogen) atoms. The topological polar surface area (TPSA) is 39.2 Å². The first-order valence-electron chi connectivity index (χ1n) is 14.3. The molecule has 1 aromatic heterocycles. The molecule has 4 aromatic rings. The second kappa shape index (κ2) is 9.11. The molecule has 4 aliphatic carbocycles. The van der Waals surface area contributed by atoms with Crippen LogP contribution in [0.5, 0.6) is 0 Å². The van der Waals surface area contributed by atoms with Crippen molar-refractivity contribution in [3.05, 3.63) is 152 Å². The number of allylic oxidation sites excluding steroid dienone is 9. The van der Waals surface area contributed by atoms with E-state index in [2.05, 4.69) is 119 Å². The average Bonchev–Trinajstić information content (AvgIpc) is 3.51. The van der Waals surface area contributed by atoms with Crippen LogP contribution in [0.4, 0.5) is 5.69 Å². The van der Waals surface area contributed by atoms with Crippen LogP contribution in [-0.2, 0) is 11.8 Å². The summed E-state index contributed by atoms with van der Waals surface area (Å²) in [6.45, 7) is 0. The lowest BCUT2D eigenvalue weighted by Crippen LogP contribution is -2.32. The fraction of sp³-hybridized carbons (Fsp3) is 0.189. The molecule has 2 N–H and O–H groups in total. The SMILES string of the molecule is Nc1ccc2c(c1)C(C1=CC=CCC1)(c1ccccc1)C1=CC(C3C=Cc4oc5cccc(Br)c5c4C3)=CCC12. The number of fused-ring (bicyclic) bond motifs is 6. The number of hydrogen-bond donors (Lipinski definition) is 1. The molecule has 4 aliphatic rings. The number of halogens is 1. The van der Waals surface area contributed by atoms with Crippen LogP contribution in [0.3, 0.4) is 0 Å². The predicted molar refractivity (Wildman–Crippen MR) is 168 cm³/mol. The number of nitrogen functional groups attached to an aromatic ring is 1. The van der Waals surface area contributed by atoms with Gasteiger partial charge in [0.05, 0.1) is 5.41 Å². The van der Waals surface area contributed by atoms with Gasteiger partial charge in [0.1, 0.15) is 11.3 Å². The molecule has 3 unspecified atom stereocenters. The molecule has 3 atom stereocenters. The fourth-order valence-corrected chi connectivity index (χ4v) is 8.30. The van der Waals surface area contributed by atoms with Gasteiger partial charge in [0.2, 0.25) is 0 Å². The van der Waals surface area contributed by atoms with Crippen LogP contribution < -0.4 is 5.73 Å². The van der Waals surface area contributed by atoms with E-state index in [0.29, 0.717) is 11.8 Å². The molecular formula is C37H30BrNO. The molecule has 196 valence electrons. The summed E-state index contributed by atoms with van der Waals surface area (Å²) in [6.07, 6.45) is 20.5. The van der Waals surface area contributed by atoms with Gasteiger partial charge in [-0.2, -0.15) is 0 Å². The van der Waals surface area contributed by atoms with Gasteiger partial charge in [-0.25, -0.2) is 0 Å². The zero-order valence-electron chi connectivity index (χ0n) is 22.2. The minimum absolute atomic E-state index is 0.302. The van der Waals surface area contributed by atoms with E-state index in [4.69, 9.17) is 10.2 Å². The number of rotatable bonds is 3. The Labute approximate surface area is 243 Å². The van der Waals surface area contributed by atoms with E-state index >= 15 is 0 Å². The van der Waals surface area contributed by atoms with Gasteiger partial charge in [-0.3, -0.25) is 0 Å². The van der Waals surface area contributed by atoms with E-state index in [1.54, 1.807) is 0 Å². The summed E-state index contributed by atoms with van der Waals surface area (Å²) in [4.78, 5) is 0. The van der Waals surface area contributed by atoms with Crippen LogP contribution in [0.2, 0.25) is 0 Å². The van der Waals surface area contributed by atoms with Gasteiger partial charge in [-0.15, -0.1) is 0 Å². The van der Waals surface area contributed by atoms with Crippen molar-refractivity contribution in [1.82, 2.24) is 0 Å². The minimum atomic E-state index is -0.310. The van der Waals surface area contributed by atoms with Crippen molar-refractivity contribution >= 4 is 38.7 Å². The quantitative estimate of drug-likeness (QED) is 0.244. The number of nitrogens with two attached hydrogens (primary N) is 1. The molecule has 0 saturated carbocycles. The molecule has 0 saturated heterocycles. The molecule has 3 aromatic carbocycles. The van der Waals surface area contributed by atoms with Gasteiger partial charge in [-0.1, -0.05) is 100 Å². The average molecular weight is 585 g/mol. The Hall–Kier alpha value is -3.82. The van der Waals surface area contributed by atoms with E-state index in [1.807, 2.05) is 6.07 Å². The van der Waals surface area contributed by atoms with E-state index < -0.39 is 0 Å². The Bertz CT molecular complexity index is 1830. The Kier molecular flexibility index (Phi) is 5.47. The zero-order valence-corrected chi connectivity index (χ0v) is 23.8. The summed E-state index contributed by atoms with van der Waals surface area (Å²) < 4.78 is 7.32. The highest BCUT2D eigenvalue weighted by molar-refractivity contribution is 9.10. The number of hydrogen-bond acceptors (Lipinski definition) is 2. The fourth-order valence-electron chi connectivity index (χ4n) is 7.71. The standard InChI is InChI=1S/C37H30BrNO/c38-33-12-7-13-35-36(33)30-20-23(15-19-34(30)40-35)24-14-17-28-29-18-16-27(39)22-32(29)37(31(28)21-24,25-8-3-1-4-9-25)26-10-5-2-6-11-26/h1-5,7-10,12-16,18-19,21-23,28H,6,11,17,20,39H2. The van der Waals surface area contributed by atoms with Gasteiger partial charge in [0.15, 0.2) is 0 Å². The Morgan fingerprint density at radius 3 is 2.75 bits per heavy atom. The highest BCUT2D eigenvalue weighted by Gasteiger charge is 2.51. The lowest BCUT2D eigenvalue weighted by atomic mass is 9.63. The molecule has 0 aliphatic heterocycles. The highest BCUT2D eigenvalue weighted by Crippen LogP contribution is 2.61. The van der Waals surface area contributed by atoms with Crippen LogP contribution in [0, 0.1) is 5.92 Å². The molecule has 2 nitrogen and oxygen atoms in total. The van der Waals surface area contributed by atoms with E-state index in [0.717, 1.165) is 47.2 Å². The van der Waals surface area contributed by atoms with Gasteiger partial charge in [0, 0.05) is 32.9 Å². The summed E-state index contributed by atoms with van der Waals surface area (Å²) in [5.41, 5.74) is 17.8. The monoisotopic (exact) mass is 583 g/mol. The number of benzene rings is 3. The van der Waals surface area contributed by atoms with Crippen molar-refractivity contribution in [3.63, 3.8) is 0 Å². The lowest BCUT2D eigenvalue weighted by molar-refractivity contribution is 0.586. The van der Waals surface area contributed by atoms with Crippen molar-refractivity contribution in [3.8, 4) is 0 Å². The predicted octanol–water partition coefficient (Wildman–Crippen LogP) is 9.58. The Morgan fingerprint density at radius 2 is 1.90 bits per heavy atom. The Morgan fingerprint density at radius 1 is 1.00 bits per heavy atom. The normalized spacial score (nSPS) is 24.7. The third-order valence-electron chi connectivity index (χ3n) is 9.41. The molecule has 0 radical (unpaired) electrons. The number of furan rings is 1. The first-order valence-corrected chi connectivity index (χ1v) is 15.1. The largest absolute Gasteiger partial charge is 0.456 e. The van der Waals surface area contributed by atoms with Crippen LogP contribution >= 0.6 is 15.9 Å². The van der Waals surface area contributed by atoms with Crippen molar-refractivity contribution < 1.29 is 4.42 Å². The van der Waals surface area contributed by atoms with Gasteiger partial charge in [0.25, 0.3) is 0 Å². The van der Waals surface area contributed by atoms with Gasteiger partial charge < -0.3 is 10.2 Å². The summed E-state index contributed by atoms with van der Waals surface area (Å²) in [5, 5.41) is 1.20. The second-order valence-corrected chi connectivity index (χ2v) is 12.3. The van der Waals surface area contributed by atoms with Crippen LogP contribution in [-0.4, -0.2) is 0 Å². The van der Waals surface area contributed by atoms with Gasteiger partial charge >= 0.3 is 0 Å². The maximum Gasteiger partial charge on any atom is 0.136 e. The molecule has 3 heteroatoms. The highest BCUT2D eigenvalue weighted by atomic mass is 79.9. The summed E-state index contributed by atoms with van der Waals surface area (Å²) in [6, 6.07) is 24.0. The van der Waals surface area contributed by atoms with Gasteiger partial charge in [-0.05, 0) is 83.9 Å². The minimum Gasteiger partial charge on any atom is -0.456 e. The summed E-state index contributed by atoms with van der Waals surface area (Å²) >= 11 is 3.78. The smallest absolute Gasteiger partial charge is 0.136 e. The molecule has 0 fully saturated rings. The summed E-state index contributed by atoms with van der Waals surface area (Å²) in [7, 11) is 0. The van der Waals surface area contributed by atoms with Crippen molar-refractivity contribution in [2.24, 2.45) is 5.92 Å². The summed E-state index contributed by atoms with van der Waals surface area (Å²) in [5.74, 6) is 1.64. The van der Waals surface area contributed by atoms with E-state index in [-0.39, 0.29) is 5.41 Å². The molecular weight excluding hydrogens is 554 g/mol. The molecule has 1 heterocycles. The van der Waals surface area contributed by atoms with Crippen molar-refractivity contribution in [1.29, 1.82) is 0 Å². The van der Waals surface area contributed by atoms with Crippen molar-refractivity contribution in [2.45, 2.75) is 37.0 Å². The van der Waals surface area contributed by atoms with Crippen LogP contribution in [0.15, 0.2) is 129 Å². The molecule has 8 rings (SSSR count). The zero-order chi connectivity index (χ0) is 26.8. The van der Waals surface area contributed by atoms with Crippen molar-refractivity contribution in [2.75, 3.05) is 5.73 Å².